The molecular weight excluding hydrogens is 293 g/mol. The summed E-state index contributed by atoms with van der Waals surface area (Å²) in [6.07, 6.45) is -4.79. The molecule has 2 aromatic rings. The number of halogens is 4. The smallest absolute Gasteiger partial charge is 0.404 e. The molecule has 0 aromatic heterocycles. The summed E-state index contributed by atoms with van der Waals surface area (Å²) in [5.74, 6) is -0.442. The van der Waals surface area contributed by atoms with Gasteiger partial charge in [-0.1, -0.05) is 41.9 Å². The lowest BCUT2D eigenvalue weighted by molar-refractivity contribution is -0.274. The van der Waals surface area contributed by atoms with Crippen molar-refractivity contribution in [1.29, 1.82) is 0 Å². The van der Waals surface area contributed by atoms with Crippen molar-refractivity contribution in [2.24, 2.45) is 0 Å². The van der Waals surface area contributed by atoms with Crippen molar-refractivity contribution in [2.45, 2.75) is 13.0 Å². The van der Waals surface area contributed by atoms with E-state index in [9.17, 15) is 13.2 Å². The topological polar surface area (TPSA) is 29.5 Å². The number of hydrogen-bond donors (Lipinski definition) is 1. The zero-order valence-corrected chi connectivity index (χ0v) is 10.9. The van der Waals surface area contributed by atoms with Crippen molar-refractivity contribution in [3.63, 3.8) is 0 Å². The molecule has 0 unspecified atom stereocenters. The van der Waals surface area contributed by atoms with E-state index in [1.165, 1.54) is 12.1 Å². The highest BCUT2D eigenvalue weighted by Gasteiger charge is 2.32. The Hall–Kier alpha value is -1.72. The Kier molecular flexibility index (Phi) is 4.20. The maximum absolute atomic E-state index is 12.2. The van der Waals surface area contributed by atoms with Gasteiger partial charge in [-0.05, 0) is 28.8 Å². The van der Waals surface area contributed by atoms with Crippen LogP contribution in [0.15, 0.2) is 42.5 Å². The first-order valence-corrected chi connectivity index (χ1v) is 6.02. The minimum atomic E-state index is -4.79. The summed E-state index contributed by atoms with van der Waals surface area (Å²) in [5.41, 5.74) is 1.96. The van der Waals surface area contributed by atoms with Crippen LogP contribution in [0.4, 0.5) is 13.2 Å². The van der Waals surface area contributed by atoms with Crippen molar-refractivity contribution in [3.05, 3.63) is 53.1 Å². The van der Waals surface area contributed by atoms with E-state index in [-0.39, 0.29) is 11.6 Å². The molecule has 0 fully saturated rings. The molecule has 0 atom stereocenters. The van der Waals surface area contributed by atoms with Gasteiger partial charge in [0.1, 0.15) is 5.75 Å². The number of ether oxygens (including phenoxy) is 1. The molecule has 0 aliphatic heterocycles. The third-order valence-corrected chi connectivity index (χ3v) is 2.94. The third-order valence-electron chi connectivity index (χ3n) is 2.63. The van der Waals surface area contributed by atoms with E-state index in [4.69, 9.17) is 16.7 Å². The Morgan fingerprint density at radius 1 is 1.00 bits per heavy atom. The molecule has 0 aliphatic rings. The van der Waals surface area contributed by atoms with Gasteiger partial charge in [0.25, 0.3) is 0 Å². The summed E-state index contributed by atoms with van der Waals surface area (Å²) in [5, 5.41) is 8.83. The van der Waals surface area contributed by atoms with Gasteiger partial charge in [-0.15, -0.1) is 13.2 Å². The lowest BCUT2D eigenvalue weighted by Crippen LogP contribution is -2.17. The molecule has 20 heavy (non-hydrogen) atoms. The summed E-state index contributed by atoms with van der Waals surface area (Å²) in [6, 6.07) is 10.9. The molecule has 0 saturated carbocycles. The summed E-state index contributed by atoms with van der Waals surface area (Å²) in [6.45, 7) is -0.0939. The van der Waals surface area contributed by atoms with Gasteiger partial charge in [-0.25, -0.2) is 0 Å². The van der Waals surface area contributed by atoms with Crippen molar-refractivity contribution >= 4 is 11.6 Å². The number of benzene rings is 2. The van der Waals surface area contributed by atoms with Crippen molar-refractivity contribution < 1.29 is 23.0 Å². The maximum Gasteiger partial charge on any atom is 0.573 e. The van der Waals surface area contributed by atoms with Crippen LogP contribution in [-0.4, -0.2) is 11.5 Å². The first-order valence-electron chi connectivity index (χ1n) is 5.64. The third kappa shape index (κ3) is 3.65. The summed E-state index contributed by atoms with van der Waals surface area (Å²) in [4.78, 5) is 0. The van der Waals surface area contributed by atoms with Gasteiger partial charge in [-0.2, -0.15) is 0 Å². The van der Waals surface area contributed by atoms with E-state index in [1.54, 1.807) is 30.3 Å². The predicted octanol–water partition coefficient (Wildman–Crippen LogP) is 4.40. The number of hydrogen-bond acceptors (Lipinski definition) is 2. The van der Waals surface area contributed by atoms with Gasteiger partial charge >= 0.3 is 6.36 Å². The average molecular weight is 303 g/mol. The predicted molar refractivity (Wildman–Crippen MR) is 69.5 cm³/mol. The van der Waals surface area contributed by atoms with Gasteiger partial charge in [0.05, 0.1) is 11.6 Å². The molecule has 0 amide bonds. The monoisotopic (exact) mass is 302 g/mol. The molecular formula is C14H10ClF3O2. The van der Waals surface area contributed by atoms with Crippen LogP contribution in [0.1, 0.15) is 5.56 Å². The fraction of sp³-hybridized carbons (Fsp3) is 0.143. The number of rotatable bonds is 3. The Bertz CT molecular complexity index is 594. The zero-order chi connectivity index (χ0) is 14.8. The molecule has 0 radical (unpaired) electrons. The van der Waals surface area contributed by atoms with Crippen LogP contribution in [0, 0.1) is 0 Å². The van der Waals surface area contributed by atoms with Crippen LogP contribution >= 0.6 is 11.6 Å². The Labute approximate surface area is 118 Å². The van der Waals surface area contributed by atoms with E-state index in [0.29, 0.717) is 11.1 Å². The van der Waals surface area contributed by atoms with E-state index in [1.807, 2.05) is 0 Å². The fourth-order valence-corrected chi connectivity index (χ4v) is 1.84. The molecule has 2 nitrogen and oxygen atoms in total. The molecule has 0 heterocycles. The largest absolute Gasteiger partial charge is 0.573 e. The van der Waals surface area contributed by atoms with Gasteiger partial charge in [0, 0.05) is 0 Å². The van der Waals surface area contributed by atoms with Crippen LogP contribution in [0.25, 0.3) is 11.1 Å². The second kappa shape index (κ2) is 5.73. The molecule has 2 rings (SSSR count). The van der Waals surface area contributed by atoms with Crippen molar-refractivity contribution in [2.75, 3.05) is 0 Å². The summed E-state index contributed by atoms with van der Waals surface area (Å²) >= 11 is 5.68. The summed E-state index contributed by atoms with van der Waals surface area (Å²) < 4.78 is 40.6. The molecule has 6 heteroatoms. The first kappa shape index (κ1) is 14.7. The highest BCUT2D eigenvalue weighted by Crippen LogP contribution is 2.34. The minimum Gasteiger partial charge on any atom is -0.404 e. The van der Waals surface area contributed by atoms with Gasteiger partial charge in [0.15, 0.2) is 0 Å². The SMILES string of the molecule is OCc1ccc(-c2ccc(Cl)c(OC(F)(F)F)c2)cc1. The van der Waals surface area contributed by atoms with E-state index in [2.05, 4.69) is 4.74 Å². The molecule has 0 saturated heterocycles. The second-order valence-corrected chi connectivity index (χ2v) is 4.46. The lowest BCUT2D eigenvalue weighted by atomic mass is 10.0. The number of aliphatic hydroxyl groups is 1. The second-order valence-electron chi connectivity index (χ2n) is 4.05. The summed E-state index contributed by atoms with van der Waals surface area (Å²) in [7, 11) is 0. The van der Waals surface area contributed by atoms with Crippen molar-refractivity contribution in [3.8, 4) is 16.9 Å². The van der Waals surface area contributed by atoms with E-state index in [0.717, 1.165) is 5.56 Å². The Morgan fingerprint density at radius 2 is 1.60 bits per heavy atom. The van der Waals surface area contributed by atoms with Crippen LogP contribution < -0.4 is 4.74 Å². The standard InChI is InChI=1S/C14H10ClF3O2/c15-12-6-5-11(7-13(12)20-14(16,17)18)10-3-1-9(8-19)2-4-10/h1-7,19H,8H2. The Balaban J connectivity index is 2.34. The highest BCUT2D eigenvalue weighted by molar-refractivity contribution is 6.32. The van der Waals surface area contributed by atoms with Crippen LogP contribution in [-0.2, 0) is 6.61 Å². The van der Waals surface area contributed by atoms with Crippen LogP contribution in [0.3, 0.4) is 0 Å². The van der Waals surface area contributed by atoms with Gasteiger partial charge < -0.3 is 9.84 Å². The maximum atomic E-state index is 12.2. The molecule has 0 spiro atoms. The fourth-order valence-electron chi connectivity index (χ4n) is 1.69. The van der Waals surface area contributed by atoms with E-state index >= 15 is 0 Å². The van der Waals surface area contributed by atoms with Crippen LogP contribution in [0.2, 0.25) is 5.02 Å². The van der Waals surface area contributed by atoms with Gasteiger partial charge in [0.2, 0.25) is 0 Å². The quantitative estimate of drug-likeness (QED) is 0.910. The minimum absolute atomic E-state index is 0.0939. The highest BCUT2D eigenvalue weighted by atomic mass is 35.5. The zero-order valence-electron chi connectivity index (χ0n) is 10.1. The first-order chi connectivity index (χ1) is 9.39. The van der Waals surface area contributed by atoms with Gasteiger partial charge in [-0.3, -0.25) is 0 Å². The van der Waals surface area contributed by atoms with Crippen molar-refractivity contribution in [1.82, 2.24) is 0 Å². The van der Waals surface area contributed by atoms with Crippen LogP contribution in [0.5, 0.6) is 5.75 Å². The van der Waals surface area contributed by atoms with E-state index < -0.39 is 12.1 Å². The molecule has 0 bridgehead atoms. The molecule has 1 N–H and O–H groups in total. The molecule has 0 aliphatic carbocycles. The molecule has 106 valence electrons. The molecule has 2 aromatic carbocycles. The number of alkyl halides is 3. The normalized spacial score (nSPS) is 11.4. The Morgan fingerprint density at radius 3 is 2.15 bits per heavy atom. The lowest BCUT2D eigenvalue weighted by Gasteiger charge is -2.12. The number of aliphatic hydroxyl groups excluding tert-OH is 1. The average Bonchev–Trinajstić information content (AvgIpc) is 2.40.